The molecule has 0 saturated carbocycles. The summed E-state index contributed by atoms with van der Waals surface area (Å²) in [6.45, 7) is 6.39. The minimum absolute atomic E-state index is 0.355. The summed E-state index contributed by atoms with van der Waals surface area (Å²) >= 11 is 6.97. The zero-order valence-corrected chi connectivity index (χ0v) is 16.8. The Hall–Kier alpha value is -1.93. The number of ether oxygens (including phenoxy) is 3. The number of hydrogen-bond donors (Lipinski definition) is 2. The molecule has 0 radical (unpaired) electrons. The number of thioether (sulfide) groups is 1. The fourth-order valence-corrected chi connectivity index (χ4v) is 3.49. The van der Waals surface area contributed by atoms with Gasteiger partial charge in [0, 0.05) is 17.0 Å². The van der Waals surface area contributed by atoms with Crippen molar-refractivity contribution in [3.05, 3.63) is 36.0 Å². The van der Waals surface area contributed by atoms with Gasteiger partial charge in [-0.15, -0.1) is 0 Å². The summed E-state index contributed by atoms with van der Waals surface area (Å²) in [5.74, 6) is 2.02. The average molecular weight is 397 g/mol. The number of methoxy groups -OCH3 is 2. The van der Waals surface area contributed by atoms with E-state index in [9.17, 15) is 4.79 Å². The van der Waals surface area contributed by atoms with Gasteiger partial charge in [-0.3, -0.25) is 4.79 Å². The van der Waals surface area contributed by atoms with Crippen LogP contribution in [0, 0.1) is 5.92 Å². The first kappa shape index (κ1) is 20.4. The Morgan fingerprint density at radius 1 is 1.35 bits per heavy atom. The maximum atomic E-state index is 12.7. The predicted molar refractivity (Wildman–Crippen MR) is 108 cm³/mol. The van der Waals surface area contributed by atoms with Crippen LogP contribution in [0.25, 0.3) is 0 Å². The summed E-state index contributed by atoms with van der Waals surface area (Å²) < 4.78 is 16.2. The lowest BCUT2D eigenvalue weighted by Crippen LogP contribution is -2.51. The number of nitrogens with one attached hydrogen (secondary N) is 2. The highest BCUT2D eigenvalue weighted by atomic mass is 32.2. The topological polar surface area (TPSA) is 68.8 Å². The molecule has 1 saturated heterocycles. The Morgan fingerprint density at radius 3 is 2.77 bits per heavy atom. The number of rotatable bonds is 8. The molecule has 8 heteroatoms. The molecule has 0 aliphatic carbocycles. The first-order valence-corrected chi connectivity index (χ1v) is 9.80. The molecule has 1 aromatic rings. The first-order chi connectivity index (χ1) is 12.5. The van der Waals surface area contributed by atoms with Crippen LogP contribution in [0.5, 0.6) is 11.5 Å². The number of thiocarbonyl (C=S) groups is 1. The van der Waals surface area contributed by atoms with Gasteiger partial charge in [0.2, 0.25) is 0 Å². The summed E-state index contributed by atoms with van der Waals surface area (Å²) in [4.78, 5) is 12.7. The quantitative estimate of drug-likeness (QED) is 0.395. The summed E-state index contributed by atoms with van der Waals surface area (Å²) in [6.07, 6.45) is 0. The fraction of sp³-hybridized carbons (Fsp3) is 0.444. The van der Waals surface area contributed by atoms with E-state index in [0.717, 1.165) is 17.1 Å². The molecule has 0 aromatic heterocycles. The van der Waals surface area contributed by atoms with E-state index in [1.54, 1.807) is 38.1 Å². The van der Waals surface area contributed by atoms with Gasteiger partial charge in [0.05, 0.1) is 20.3 Å². The number of esters is 1. The molecule has 6 nitrogen and oxygen atoms in total. The van der Waals surface area contributed by atoms with Crippen LogP contribution in [0.15, 0.2) is 30.5 Å². The van der Waals surface area contributed by atoms with E-state index in [0.29, 0.717) is 28.9 Å². The maximum Gasteiger partial charge on any atom is 0.317 e. The van der Waals surface area contributed by atoms with Gasteiger partial charge < -0.3 is 24.8 Å². The molecule has 2 rings (SSSR count). The minimum atomic E-state index is -0.644. The van der Waals surface area contributed by atoms with Crippen molar-refractivity contribution in [1.29, 1.82) is 0 Å². The molecule has 0 bridgehead atoms. The number of carbonyl (C=O) groups is 1. The van der Waals surface area contributed by atoms with Crippen LogP contribution < -0.4 is 20.1 Å². The molecule has 142 valence electrons. The van der Waals surface area contributed by atoms with Crippen molar-refractivity contribution in [3.63, 3.8) is 0 Å². The zero-order chi connectivity index (χ0) is 19.1. The third kappa shape index (κ3) is 4.82. The van der Waals surface area contributed by atoms with E-state index in [4.69, 9.17) is 26.4 Å². The number of benzene rings is 1. The molecule has 2 N–H and O–H groups in total. The second-order valence-corrected chi connectivity index (χ2v) is 7.35. The van der Waals surface area contributed by atoms with E-state index in [1.165, 1.54) is 0 Å². The molecule has 1 aliphatic heterocycles. The second-order valence-electron chi connectivity index (χ2n) is 5.55. The average Bonchev–Trinajstić information content (AvgIpc) is 2.63. The molecule has 1 fully saturated rings. The van der Waals surface area contributed by atoms with E-state index in [2.05, 4.69) is 24.1 Å². The molecular weight excluding hydrogens is 372 g/mol. The normalized spacial score (nSPS) is 19.3. The Balaban J connectivity index is 2.31. The van der Waals surface area contributed by atoms with Gasteiger partial charge in [0.25, 0.3) is 0 Å². The lowest BCUT2D eigenvalue weighted by Gasteiger charge is -2.35. The maximum absolute atomic E-state index is 12.7. The van der Waals surface area contributed by atoms with E-state index in [1.807, 2.05) is 6.07 Å². The predicted octanol–water partition coefficient (Wildman–Crippen LogP) is 2.65. The molecular formula is C18H24N2O4S2. The van der Waals surface area contributed by atoms with Gasteiger partial charge in [-0.2, -0.15) is 11.8 Å². The molecule has 2 atom stereocenters. The summed E-state index contributed by atoms with van der Waals surface area (Å²) in [5.41, 5.74) is 1.25. The van der Waals surface area contributed by atoms with Gasteiger partial charge >= 0.3 is 5.97 Å². The van der Waals surface area contributed by atoms with Crippen LogP contribution in [-0.2, 0) is 9.53 Å². The van der Waals surface area contributed by atoms with Crippen LogP contribution in [-0.4, -0.2) is 43.4 Å². The zero-order valence-electron chi connectivity index (χ0n) is 15.2. The van der Waals surface area contributed by atoms with E-state index >= 15 is 0 Å². The highest BCUT2D eigenvalue weighted by Crippen LogP contribution is 2.37. The van der Waals surface area contributed by atoms with Crippen molar-refractivity contribution in [1.82, 2.24) is 10.6 Å². The van der Waals surface area contributed by atoms with Crippen molar-refractivity contribution >= 4 is 35.1 Å². The van der Waals surface area contributed by atoms with Crippen LogP contribution >= 0.6 is 24.0 Å². The van der Waals surface area contributed by atoms with Crippen LogP contribution in [0.2, 0.25) is 0 Å². The molecule has 26 heavy (non-hydrogen) atoms. The summed E-state index contributed by atoms with van der Waals surface area (Å²) in [7, 11) is 3.16. The van der Waals surface area contributed by atoms with Crippen molar-refractivity contribution in [2.45, 2.75) is 13.0 Å². The Morgan fingerprint density at radius 2 is 2.12 bits per heavy atom. The fourth-order valence-electron chi connectivity index (χ4n) is 2.74. The lowest BCUT2D eigenvalue weighted by molar-refractivity contribution is -0.147. The Kier molecular flexibility index (Phi) is 7.59. The third-order valence-corrected chi connectivity index (χ3v) is 5.05. The van der Waals surface area contributed by atoms with E-state index < -0.39 is 12.0 Å². The van der Waals surface area contributed by atoms with Crippen molar-refractivity contribution in [2.24, 2.45) is 5.92 Å². The SMILES string of the molecule is C=C1NC(=S)N[C@H](c2cc(OC)ccc2OC)[C@@H]1C(=O)OCCSCC. The Bertz CT molecular complexity index is 681. The molecule has 1 aliphatic rings. The van der Waals surface area contributed by atoms with E-state index in [-0.39, 0.29) is 5.97 Å². The largest absolute Gasteiger partial charge is 0.497 e. The first-order valence-electron chi connectivity index (χ1n) is 8.24. The highest BCUT2D eigenvalue weighted by Gasteiger charge is 2.39. The smallest absolute Gasteiger partial charge is 0.317 e. The minimum Gasteiger partial charge on any atom is -0.497 e. The number of hydrogen-bond acceptors (Lipinski definition) is 6. The lowest BCUT2D eigenvalue weighted by atomic mass is 9.88. The monoisotopic (exact) mass is 396 g/mol. The van der Waals surface area contributed by atoms with Crippen LogP contribution in [0.1, 0.15) is 18.5 Å². The molecule has 0 amide bonds. The molecule has 0 unspecified atom stereocenters. The van der Waals surface area contributed by atoms with Gasteiger partial charge in [-0.05, 0) is 36.2 Å². The van der Waals surface area contributed by atoms with Crippen molar-refractivity contribution < 1.29 is 19.0 Å². The number of carbonyl (C=O) groups excluding carboxylic acids is 1. The highest BCUT2D eigenvalue weighted by molar-refractivity contribution is 7.99. The summed E-state index contributed by atoms with van der Waals surface area (Å²) in [6, 6.07) is 4.95. The molecule has 0 spiro atoms. The molecule has 1 aromatic carbocycles. The second kappa shape index (κ2) is 9.68. The Labute approximate surface area is 163 Å². The molecule has 1 heterocycles. The van der Waals surface area contributed by atoms with Crippen molar-refractivity contribution in [2.75, 3.05) is 32.3 Å². The van der Waals surface area contributed by atoms with Gasteiger partial charge in [0.1, 0.15) is 24.0 Å². The van der Waals surface area contributed by atoms with Gasteiger partial charge in [-0.1, -0.05) is 13.5 Å². The van der Waals surface area contributed by atoms with Gasteiger partial charge in [-0.25, -0.2) is 0 Å². The third-order valence-electron chi connectivity index (χ3n) is 3.97. The van der Waals surface area contributed by atoms with Gasteiger partial charge in [0.15, 0.2) is 5.11 Å². The summed E-state index contributed by atoms with van der Waals surface area (Å²) in [5, 5.41) is 6.46. The van der Waals surface area contributed by atoms with Crippen LogP contribution in [0.3, 0.4) is 0 Å². The standard InChI is InChI=1S/C18H24N2O4S2/c1-5-26-9-8-24-17(21)15-11(2)19-18(25)20-16(15)13-10-12(22-3)6-7-14(13)23-4/h6-7,10,15-16H,2,5,8-9H2,1,3-4H3,(H2,19,20,25)/t15-,16-/m1/s1. The van der Waals surface area contributed by atoms with Crippen LogP contribution in [0.4, 0.5) is 0 Å². The van der Waals surface area contributed by atoms with Crippen molar-refractivity contribution in [3.8, 4) is 11.5 Å².